The van der Waals surface area contributed by atoms with Gasteiger partial charge < -0.3 is 15.2 Å². The molecule has 6 heteroatoms. The lowest BCUT2D eigenvalue weighted by Gasteiger charge is -2.23. The van der Waals surface area contributed by atoms with Gasteiger partial charge in [0.2, 0.25) is 0 Å². The fourth-order valence-electron chi connectivity index (χ4n) is 1.60. The monoisotopic (exact) mass is 233 g/mol. The second-order valence-electron chi connectivity index (χ2n) is 3.49. The Morgan fingerprint density at radius 2 is 2.12 bits per heavy atom. The highest BCUT2D eigenvalue weighted by Crippen LogP contribution is 2.34. The number of hydrogen-bond acceptors (Lipinski definition) is 3. The molecule has 2 rings (SSSR count). The van der Waals surface area contributed by atoms with E-state index in [1.807, 2.05) is 0 Å². The molecule has 0 fully saturated rings. The smallest absolute Gasteiger partial charge is 0.493 e. The summed E-state index contributed by atoms with van der Waals surface area (Å²) in [5.74, 6) is 0.250. The van der Waals surface area contributed by atoms with Crippen molar-refractivity contribution in [2.45, 2.75) is 18.8 Å². The van der Waals surface area contributed by atoms with Gasteiger partial charge in [-0.05, 0) is 18.2 Å². The molecule has 0 bridgehead atoms. The van der Waals surface area contributed by atoms with Gasteiger partial charge in [-0.3, -0.25) is 0 Å². The van der Waals surface area contributed by atoms with Crippen LogP contribution in [0.5, 0.6) is 11.5 Å². The van der Waals surface area contributed by atoms with Gasteiger partial charge in [0.25, 0.3) is 0 Å². The molecule has 0 radical (unpaired) electrons. The minimum atomic E-state index is -4.69. The predicted octanol–water partition coefficient (Wildman–Crippen LogP) is 2.37. The first-order valence-electron chi connectivity index (χ1n) is 4.74. The summed E-state index contributed by atoms with van der Waals surface area (Å²) in [6, 6.07) is 3.62. The van der Waals surface area contributed by atoms with Gasteiger partial charge in [0.05, 0.1) is 6.61 Å². The van der Waals surface area contributed by atoms with Crippen LogP contribution in [0.3, 0.4) is 0 Å². The van der Waals surface area contributed by atoms with E-state index in [4.69, 9.17) is 10.5 Å². The van der Waals surface area contributed by atoms with E-state index in [1.165, 1.54) is 18.2 Å². The van der Waals surface area contributed by atoms with E-state index in [9.17, 15) is 13.2 Å². The van der Waals surface area contributed by atoms with Crippen molar-refractivity contribution >= 4 is 0 Å². The number of benzene rings is 1. The van der Waals surface area contributed by atoms with Crippen LogP contribution in [0.15, 0.2) is 18.2 Å². The SMILES string of the molecule is N[C@H]1CCOc2ccc(OC(F)(F)F)cc21. The first kappa shape index (κ1) is 11.1. The molecule has 0 saturated carbocycles. The molecule has 1 aromatic rings. The minimum absolute atomic E-state index is 0.271. The number of fused-ring (bicyclic) bond motifs is 1. The molecule has 0 aliphatic carbocycles. The second-order valence-corrected chi connectivity index (χ2v) is 3.49. The van der Waals surface area contributed by atoms with Gasteiger partial charge in [0, 0.05) is 18.0 Å². The highest BCUT2D eigenvalue weighted by atomic mass is 19.4. The molecule has 0 unspecified atom stereocenters. The van der Waals surface area contributed by atoms with Crippen LogP contribution >= 0.6 is 0 Å². The van der Waals surface area contributed by atoms with Gasteiger partial charge in [-0.25, -0.2) is 0 Å². The maximum atomic E-state index is 12.0. The fraction of sp³-hybridized carbons (Fsp3) is 0.400. The van der Waals surface area contributed by atoms with E-state index in [-0.39, 0.29) is 11.8 Å². The Labute approximate surface area is 89.9 Å². The summed E-state index contributed by atoms with van der Waals surface area (Å²) in [6.45, 7) is 0.480. The zero-order valence-corrected chi connectivity index (χ0v) is 8.25. The van der Waals surface area contributed by atoms with E-state index < -0.39 is 6.36 Å². The van der Waals surface area contributed by atoms with Crippen molar-refractivity contribution in [3.63, 3.8) is 0 Å². The summed E-state index contributed by atoms with van der Waals surface area (Å²) in [6.07, 6.45) is -4.10. The molecule has 1 atom stereocenters. The summed E-state index contributed by atoms with van der Waals surface area (Å²) in [5, 5.41) is 0. The van der Waals surface area contributed by atoms with Crippen LogP contribution in [-0.2, 0) is 0 Å². The van der Waals surface area contributed by atoms with Crippen LogP contribution in [0.25, 0.3) is 0 Å². The van der Waals surface area contributed by atoms with E-state index in [2.05, 4.69) is 4.74 Å². The third-order valence-corrected chi connectivity index (χ3v) is 2.30. The quantitative estimate of drug-likeness (QED) is 0.809. The number of alkyl halides is 3. The molecule has 1 heterocycles. The van der Waals surface area contributed by atoms with Crippen LogP contribution in [-0.4, -0.2) is 13.0 Å². The Bertz CT molecular complexity index is 392. The molecule has 88 valence electrons. The fourth-order valence-corrected chi connectivity index (χ4v) is 1.60. The Morgan fingerprint density at radius 3 is 2.81 bits per heavy atom. The van der Waals surface area contributed by atoms with E-state index >= 15 is 0 Å². The number of ether oxygens (including phenoxy) is 2. The van der Waals surface area contributed by atoms with Gasteiger partial charge in [-0.15, -0.1) is 13.2 Å². The molecule has 3 nitrogen and oxygen atoms in total. The number of rotatable bonds is 1. The molecule has 2 N–H and O–H groups in total. The van der Waals surface area contributed by atoms with Crippen LogP contribution in [0.4, 0.5) is 13.2 Å². The second kappa shape index (κ2) is 3.86. The topological polar surface area (TPSA) is 44.5 Å². The Balaban J connectivity index is 2.27. The Hall–Kier alpha value is -1.43. The molecule has 16 heavy (non-hydrogen) atoms. The molecular formula is C10H10F3NO2. The Morgan fingerprint density at radius 1 is 1.38 bits per heavy atom. The standard InChI is InChI=1S/C10H10F3NO2/c11-10(12,13)16-6-1-2-9-7(5-6)8(14)3-4-15-9/h1-2,5,8H,3-4,14H2/t8-/m0/s1. The van der Waals surface area contributed by atoms with Crippen LogP contribution in [0.2, 0.25) is 0 Å². The van der Waals surface area contributed by atoms with Crippen LogP contribution < -0.4 is 15.2 Å². The van der Waals surface area contributed by atoms with Gasteiger partial charge in [-0.1, -0.05) is 0 Å². The molecule has 0 amide bonds. The predicted molar refractivity (Wildman–Crippen MR) is 50.2 cm³/mol. The molecular weight excluding hydrogens is 223 g/mol. The highest BCUT2D eigenvalue weighted by Gasteiger charge is 2.31. The van der Waals surface area contributed by atoms with E-state index in [0.717, 1.165) is 0 Å². The number of hydrogen-bond donors (Lipinski definition) is 1. The van der Waals surface area contributed by atoms with Crippen molar-refractivity contribution in [1.29, 1.82) is 0 Å². The number of nitrogens with two attached hydrogens (primary N) is 1. The first-order chi connectivity index (χ1) is 7.46. The largest absolute Gasteiger partial charge is 0.573 e. The maximum absolute atomic E-state index is 12.0. The zero-order chi connectivity index (χ0) is 11.8. The molecule has 0 saturated heterocycles. The molecule has 1 aliphatic heterocycles. The summed E-state index contributed by atoms with van der Waals surface area (Å²) < 4.78 is 45.0. The normalized spacial score (nSPS) is 19.9. The lowest BCUT2D eigenvalue weighted by Crippen LogP contribution is -2.21. The first-order valence-corrected chi connectivity index (χ1v) is 4.74. The average molecular weight is 233 g/mol. The third kappa shape index (κ3) is 2.38. The molecule has 1 aromatic carbocycles. The van der Waals surface area contributed by atoms with Crippen molar-refractivity contribution in [3.05, 3.63) is 23.8 Å². The van der Waals surface area contributed by atoms with E-state index in [0.29, 0.717) is 24.3 Å². The summed E-state index contributed by atoms with van der Waals surface area (Å²) >= 11 is 0. The van der Waals surface area contributed by atoms with Crippen LogP contribution in [0, 0.1) is 0 Å². The average Bonchev–Trinajstić information content (AvgIpc) is 2.17. The minimum Gasteiger partial charge on any atom is -0.493 e. The molecule has 0 spiro atoms. The third-order valence-electron chi connectivity index (χ3n) is 2.30. The summed E-state index contributed by atoms with van der Waals surface area (Å²) in [4.78, 5) is 0. The van der Waals surface area contributed by atoms with Crippen molar-refractivity contribution in [2.75, 3.05) is 6.61 Å². The van der Waals surface area contributed by atoms with Crippen molar-refractivity contribution < 1.29 is 22.6 Å². The van der Waals surface area contributed by atoms with Crippen molar-refractivity contribution in [3.8, 4) is 11.5 Å². The lowest BCUT2D eigenvalue weighted by molar-refractivity contribution is -0.274. The highest BCUT2D eigenvalue weighted by molar-refractivity contribution is 5.43. The van der Waals surface area contributed by atoms with Crippen molar-refractivity contribution in [2.24, 2.45) is 5.73 Å². The van der Waals surface area contributed by atoms with Gasteiger partial charge in [0.15, 0.2) is 0 Å². The van der Waals surface area contributed by atoms with Gasteiger partial charge >= 0.3 is 6.36 Å². The maximum Gasteiger partial charge on any atom is 0.573 e. The molecule has 1 aliphatic rings. The van der Waals surface area contributed by atoms with Gasteiger partial charge in [0.1, 0.15) is 11.5 Å². The summed E-state index contributed by atoms with van der Waals surface area (Å²) in [5.41, 5.74) is 6.31. The van der Waals surface area contributed by atoms with Crippen LogP contribution in [0.1, 0.15) is 18.0 Å². The lowest BCUT2D eigenvalue weighted by atomic mass is 10.0. The Kier molecular flexibility index (Phi) is 2.67. The van der Waals surface area contributed by atoms with Crippen molar-refractivity contribution in [1.82, 2.24) is 0 Å². The zero-order valence-electron chi connectivity index (χ0n) is 8.25. The van der Waals surface area contributed by atoms with E-state index in [1.54, 1.807) is 0 Å². The van der Waals surface area contributed by atoms with Gasteiger partial charge in [-0.2, -0.15) is 0 Å². The molecule has 0 aromatic heterocycles. The summed E-state index contributed by atoms with van der Waals surface area (Å²) in [7, 11) is 0. The number of halogens is 3.